The number of hydrogen-bond donors (Lipinski definition) is 2. The Morgan fingerprint density at radius 2 is 2.00 bits per heavy atom. The van der Waals surface area contributed by atoms with Crippen LogP contribution in [0, 0.1) is 5.41 Å². The number of hydrogen-bond acceptors (Lipinski definition) is 3. The second kappa shape index (κ2) is 6.36. The SMILES string of the molecule is CCNS(=O)(=O)c1ccccc1NC1CCCC(C)(C)C1. The number of rotatable bonds is 5. The predicted molar refractivity (Wildman–Crippen MR) is 87.0 cm³/mol. The summed E-state index contributed by atoms with van der Waals surface area (Å²) in [7, 11) is -3.43. The monoisotopic (exact) mass is 310 g/mol. The van der Waals surface area contributed by atoms with Crippen LogP contribution in [0.4, 0.5) is 5.69 Å². The highest BCUT2D eigenvalue weighted by Crippen LogP contribution is 2.37. The minimum absolute atomic E-state index is 0.325. The second-order valence-electron chi connectivity index (χ2n) is 6.60. The van der Waals surface area contributed by atoms with Crippen LogP contribution in [0.25, 0.3) is 0 Å². The highest BCUT2D eigenvalue weighted by molar-refractivity contribution is 7.89. The van der Waals surface area contributed by atoms with E-state index in [1.807, 2.05) is 12.1 Å². The lowest BCUT2D eigenvalue weighted by Gasteiger charge is -2.36. The van der Waals surface area contributed by atoms with Crippen molar-refractivity contribution in [1.82, 2.24) is 4.72 Å². The first kappa shape index (κ1) is 16.3. The molecule has 118 valence electrons. The number of sulfonamides is 1. The smallest absolute Gasteiger partial charge is 0.242 e. The fourth-order valence-corrected chi connectivity index (χ4v) is 4.34. The van der Waals surface area contributed by atoms with Gasteiger partial charge in [0.05, 0.1) is 5.69 Å². The summed E-state index contributed by atoms with van der Waals surface area (Å²) in [6, 6.07) is 7.49. The second-order valence-corrected chi connectivity index (χ2v) is 8.33. The molecule has 21 heavy (non-hydrogen) atoms. The minimum Gasteiger partial charge on any atom is -0.381 e. The first-order valence-electron chi connectivity index (χ1n) is 7.69. The third-order valence-corrected chi connectivity index (χ3v) is 5.68. The molecule has 1 unspecified atom stereocenters. The van der Waals surface area contributed by atoms with Crippen molar-refractivity contribution in [1.29, 1.82) is 0 Å². The summed E-state index contributed by atoms with van der Waals surface area (Å²) in [6.45, 7) is 6.74. The minimum atomic E-state index is -3.43. The van der Waals surface area contributed by atoms with Gasteiger partial charge in [0.1, 0.15) is 4.90 Å². The van der Waals surface area contributed by atoms with Gasteiger partial charge in [-0.3, -0.25) is 0 Å². The van der Waals surface area contributed by atoms with Crippen molar-refractivity contribution in [3.8, 4) is 0 Å². The first-order valence-corrected chi connectivity index (χ1v) is 9.18. The normalized spacial score (nSPS) is 22.0. The molecular formula is C16H26N2O2S. The third-order valence-electron chi connectivity index (χ3n) is 4.08. The van der Waals surface area contributed by atoms with Gasteiger partial charge in [0.25, 0.3) is 0 Å². The van der Waals surface area contributed by atoms with E-state index < -0.39 is 10.0 Å². The van der Waals surface area contributed by atoms with Crippen LogP contribution in [-0.4, -0.2) is 21.0 Å². The van der Waals surface area contributed by atoms with Gasteiger partial charge < -0.3 is 5.32 Å². The van der Waals surface area contributed by atoms with E-state index in [-0.39, 0.29) is 0 Å². The first-order chi connectivity index (χ1) is 9.84. The van der Waals surface area contributed by atoms with Crippen LogP contribution < -0.4 is 10.0 Å². The Hall–Kier alpha value is -1.07. The Morgan fingerprint density at radius 1 is 1.29 bits per heavy atom. The van der Waals surface area contributed by atoms with Gasteiger partial charge >= 0.3 is 0 Å². The maximum Gasteiger partial charge on any atom is 0.242 e. The van der Waals surface area contributed by atoms with Crippen LogP contribution in [0.2, 0.25) is 0 Å². The third kappa shape index (κ3) is 4.20. The molecule has 0 amide bonds. The maximum atomic E-state index is 12.3. The van der Waals surface area contributed by atoms with Gasteiger partial charge in [-0.05, 0) is 36.8 Å². The molecule has 0 aliphatic heterocycles. The summed E-state index contributed by atoms with van der Waals surface area (Å²) in [4.78, 5) is 0.343. The lowest BCUT2D eigenvalue weighted by atomic mass is 9.75. The topological polar surface area (TPSA) is 58.2 Å². The fraction of sp³-hybridized carbons (Fsp3) is 0.625. The molecule has 1 aliphatic carbocycles. The molecule has 5 heteroatoms. The van der Waals surface area contributed by atoms with Gasteiger partial charge in [-0.25, -0.2) is 13.1 Å². The standard InChI is InChI=1S/C16H26N2O2S/c1-4-17-21(19,20)15-10-6-5-9-14(15)18-13-8-7-11-16(2,3)12-13/h5-6,9-10,13,17-18H,4,7-8,11-12H2,1-3H3. The highest BCUT2D eigenvalue weighted by atomic mass is 32.2. The van der Waals surface area contributed by atoms with E-state index in [1.54, 1.807) is 19.1 Å². The van der Waals surface area contributed by atoms with Gasteiger partial charge in [-0.1, -0.05) is 39.3 Å². The molecule has 2 N–H and O–H groups in total. The lowest BCUT2D eigenvalue weighted by molar-refractivity contribution is 0.229. The van der Waals surface area contributed by atoms with Gasteiger partial charge in [-0.2, -0.15) is 0 Å². The van der Waals surface area contributed by atoms with Crippen molar-refractivity contribution in [3.63, 3.8) is 0 Å². The zero-order valence-electron chi connectivity index (χ0n) is 13.1. The van der Waals surface area contributed by atoms with Crippen molar-refractivity contribution in [2.24, 2.45) is 5.41 Å². The Bertz CT molecular complexity index is 582. The van der Waals surface area contributed by atoms with Crippen molar-refractivity contribution < 1.29 is 8.42 Å². The summed E-state index contributed by atoms with van der Waals surface area (Å²) in [5.74, 6) is 0. The summed E-state index contributed by atoms with van der Waals surface area (Å²) in [5, 5.41) is 3.45. The molecule has 0 saturated heterocycles. The molecule has 1 aromatic carbocycles. The van der Waals surface area contributed by atoms with Crippen LogP contribution >= 0.6 is 0 Å². The molecule has 0 bridgehead atoms. The number of nitrogens with one attached hydrogen (secondary N) is 2. The quantitative estimate of drug-likeness (QED) is 0.876. The molecule has 1 saturated carbocycles. The Labute approximate surface area is 128 Å². The van der Waals surface area contributed by atoms with Crippen LogP contribution in [0.5, 0.6) is 0 Å². The maximum absolute atomic E-state index is 12.3. The van der Waals surface area contributed by atoms with Crippen molar-refractivity contribution in [2.45, 2.75) is 57.4 Å². The molecule has 4 nitrogen and oxygen atoms in total. The molecule has 0 radical (unpaired) electrons. The molecule has 0 aromatic heterocycles. The molecule has 1 atom stereocenters. The van der Waals surface area contributed by atoms with E-state index in [4.69, 9.17) is 0 Å². The molecule has 0 spiro atoms. The zero-order chi connectivity index (χ0) is 15.5. The van der Waals surface area contributed by atoms with Gasteiger partial charge in [0, 0.05) is 12.6 Å². The number of para-hydroxylation sites is 1. The lowest BCUT2D eigenvalue weighted by Crippen LogP contribution is -2.32. The van der Waals surface area contributed by atoms with Crippen molar-refractivity contribution in [2.75, 3.05) is 11.9 Å². The molecule has 1 fully saturated rings. The van der Waals surface area contributed by atoms with E-state index in [9.17, 15) is 8.42 Å². The van der Waals surface area contributed by atoms with Crippen LogP contribution in [-0.2, 0) is 10.0 Å². The fourth-order valence-electron chi connectivity index (χ4n) is 3.13. The van der Waals surface area contributed by atoms with E-state index in [2.05, 4.69) is 23.9 Å². The molecule has 0 heterocycles. The summed E-state index contributed by atoms with van der Waals surface area (Å²) >= 11 is 0. The Morgan fingerprint density at radius 3 is 2.67 bits per heavy atom. The summed E-state index contributed by atoms with van der Waals surface area (Å²) in [6.07, 6.45) is 4.59. The Balaban J connectivity index is 2.21. The van der Waals surface area contributed by atoms with E-state index in [0.717, 1.165) is 12.8 Å². The van der Waals surface area contributed by atoms with Crippen LogP contribution in [0.3, 0.4) is 0 Å². The average Bonchev–Trinajstić information content (AvgIpc) is 2.38. The largest absolute Gasteiger partial charge is 0.381 e. The average molecular weight is 310 g/mol. The highest BCUT2D eigenvalue weighted by Gasteiger charge is 2.28. The van der Waals surface area contributed by atoms with Crippen molar-refractivity contribution in [3.05, 3.63) is 24.3 Å². The molecule has 1 aliphatic rings. The van der Waals surface area contributed by atoms with Gasteiger partial charge in [0.2, 0.25) is 10.0 Å². The Kier molecular flexibility index (Phi) is 4.94. The van der Waals surface area contributed by atoms with Gasteiger partial charge in [-0.15, -0.1) is 0 Å². The number of anilines is 1. The van der Waals surface area contributed by atoms with E-state index in [0.29, 0.717) is 28.6 Å². The van der Waals surface area contributed by atoms with E-state index in [1.165, 1.54) is 12.8 Å². The molecule has 1 aromatic rings. The van der Waals surface area contributed by atoms with Crippen LogP contribution in [0.1, 0.15) is 46.5 Å². The zero-order valence-corrected chi connectivity index (χ0v) is 14.0. The van der Waals surface area contributed by atoms with Gasteiger partial charge in [0.15, 0.2) is 0 Å². The predicted octanol–water partition coefficient (Wildman–Crippen LogP) is 3.37. The van der Waals surface area contributed by atoms with Crippen LogP contribution in [0.15, 0.2) is 29.2 Å². The molecule has 2 rings (SSSR count). The number of benzene rings is 1. The van der Waals surface area contributed by atoms with Crippen molar-refractivity contribution >= 4 is 15.7 Å². The summed E-state index contributed by atoms with van der Waals surface area (Å²) in [5.41, 5.74) is 1.03. The summed E-state index contributed by atoms with van der Waals surface area (Å²) < 4.78 is 27.1. The molecular weight excluding hydrogens is 284 g/mol. The van der Waals surface area contributed by atoms with E-state index >= 15 is 0 Å².